The van der Waals surface area contributed by atoms with E-state index in [-0.39, 0.29) is 30.2 Å². The van der Waals surface area contributed by atoms with Crippen LogP contribution in [0.4, 0.5) is 5.69 Å². The SMILES string of the molecule is Nc1cccc(C(=O)O)c1OCc1ccc(CO)cc1. The number of benzene rings is 2. The number of aliphatic hydroxyl groups is 1. The van der Waals surface area contributed by atoms with E-state index in [1.54, 1.807) is 24.3 Å². The van der Waals surface area contributed by atoms with Gasteiger partial charge in [-0.25, -0.2) is 4.79 Å². The van der Waals surface area contributed by atoms with Gasteiger partial charge < -0.3 is 20.7 Å². The summed E-state index contributed by atoms with van der Waals surface area (Å²) in [6, 6.07) is 11.8. The molecule has 5 nitrogen and oxygen atoms in total. The van der Waals surface area contributed by atoms with E-state index >= 15 is 0 Å². The maximum atomic E-state index is 11.1. The number of carboxylic acid groups (broad SMARTS) is 1. The molecule has 2 aromatic rings. The minimum absolute atomic E-state index is 0.0179. The molecule has 0 heterocycles. The predicted molar refractivity (Wildman–Crippen MR) is 74.5 cm³/mol. The van der Waals surface area contributed by atoms with Gasteiger partial charge in [-0.2, -0.15) is 0 Å². The van der Waals surface area contributed by atoms with Gasteiger partial charge in [-0.3, -0.25) is 0 Å². The van der Waals surface area contributed by atoms with Gasteiger partial charge in [0.1, 0.15) is 12.2 Å². The fraction of sp³-hybridized carbons (Fsp3) is 0.133. The fourth-order valence-electron chi connectivity index (χ4n) is 1.78. The van der Waals surface area contributed by atoms with Crippen molar-refractivity contribution in [3.8, 4) is 5.75 Å². The molecule has 0 saturated carbocycles. The van der Waals surface area contributed by atoms with Crippen molar-refractivity contribution in [3.05, 3.63) is 59.2 Å². The zero-order valence-electron chi connectivity index (χ0n) is 10.7. The number of anilines is 1. The summed E-state index contributed by atoms with van der Waals surface area (Å²) in [5.74, 6) is -0.908. The van der Waals surface area contributed by atoms with Gasteiger partial charge in [0.2, 0.25) is 0 Å². The number of hydrogen-bond acceptors (Lipinski definition) is 4. The second kappa shape index (κ2) is 6.08. The highest BCUT2D eigenvalue weighted by atomic mass is 16.5. The average Bonchev–Trinajstić information content (AvgIpc) is 2.46. The molecule has 4 N–H and O–H groups in total. The van der Waals surface area contributed by atoms with Crippen LogP contribution in [0.15, 0.2) is 42.5 Å². The zero-order chi connectivity index (χ0) is 14.5. The number of ether oxygens (including phenoxy) is 1. The highest BCUT2D eigenvalue weighted by Gasteiger charge is 2.13. The summed E-state index contributed by atoms with van der Waals surface area (Å²) in [6.45, 7) is 0.191. The van der Waals surface area contributed by atoms with E-state index in [4.69, 9.17) is 20.7 Å². The molecular formula is C15H15NO4. The molecule has 5 heteroatoms. The zero-order valence-corrected chi connectivity index (χ0v) is 10.7. The Morgan fingerprint density at radius 2 is 1.75 bits per heavy atom. The summed E-state index contributed by atoms with van der Waals surface area (Å²) in [5, 5.41) is 18.0. The summed E-state index contributed by atoms with van der Waals surface area (Å²) >= 11 is 0. The second-order valence-corrected chi connectivity index (χ2v) is 4.29. The molecule has 0 aliphatic carbocycles. The standard InChI is InChI=1S/C15H15NO4/c16-13-3-1-2-12(15(18)19)14(13)20-9-11-6-4-10(8-17)5-7-11/h1-7,17H,8-9,16H2,(H,18,19). The van der Waals surface area contributed by atoms with E-state index in [2.05, 4.69) is 0 Å². The molecule has 0 aliphatic heterocycles. The topological polar surface area (TPSA) is 92.8 Å². The van der Waals surface area contributed by atoms with Gasteiger partial charge in [0.25, 0.3) is 0 Å². The number of nitrogens with two attached hydrogens (primary N) is 1. The highest BCUT2D eigenvalue weighted by Crippen LogP contribution is 2.27. The molecule has 2 rings (SSSR count). The Bertz CT molecular complexity index is 608. The maximum absolute atomic E-state index is 11.1. The van der Waals surface area contributed by atoms with E-state index in [0.717, 1.165) is 11.1 Å². The minimum Gasteiger partial charge on any atom is -0.486 e. The quantitative estimate of drug-likeness (QED) is 0.725. The molecule has 0 amide bonds. The molecular weight excluding hydrogens is 258 g/mol. The Balaban J connectivity index is 2.16. The largest absolute Gasteiger partial charge is 0.486 e. The third kappa shape index (κ3) is 3.07. The van der Waals surface area contributed by atoms with Gasteiger partial charge in [0.05, 0.1) is 12.3 Å². The number of rotatable bonds is 5. The van der Waals surface area contributed by atoms with Crippen LogP contribution in [0.3, 0.4) is 0 Å². The first-order valence-electron chi connectivity index (χ1n) is 6.05. The Morgan fingerprint density at radius 3 is 2.35 bits per heavy atom. The van der Waals surface area contributed by atoms with Gasteiger partial charge in [0, 0.05) is 0 Å². The van der Waals surface area contributed by atoms with Crippen molar-refractivity contribution < 1.29 is 19.7 Å². The van der Waals surface area contributed by atoms with E-state index in [1.165, 1.54) is 6.07 Å². The van der Waals surface area contributed by atoms with Crippen LogP contribution >= 0.6 is 0 Å². The van der Waals surface area contributed by atoms with E-state index in [0.29, 0.717) is 0 Å². The van der Waals surface area contributed by atoms with Crippen molar-refractivity contribution in [2.24, 2.45) is 0 Å². The lowest BCUT2D eigenvalue weighted by atomic mass is 10.1. The predicted octanol–water partition coefficient (Wildman–Crippen LogP) is 2.04. The number of para-hydroxylation sites is 1. The van der Waals surface area contributed by atoms with Crippen LogP contribution in [0, 0.1) is 0 Å². The lowest BCUT2D eigenvalue weighted by molar-refractivity contribution is 0.0692. The molecule has 20 heavy (non-hydrogen) atoms. The molecule has 0 radical (unpaired) electrons. The van der Waals surface area contributed by atoms with Gasteiger partial charge in [-0.15, -0.1) is 0 Å². The maximum Gasteiger partial charge on any atom is 0.339 e. The number of carboxylic acids is 1. The minimum atomic E-state index is -1.08. The number of aliphatic hydroxyl groups excluding tert-OH is 1. The molecule has 0 spiro atoms. The lowest BCUT2D eigenvalue weighted by Crippen LogP contribution is -2.06. The molecule has 0 fully saturated rings. The van der Waals surface area contributed by atoms with Crippen molar-refractivity contribution in [3.63, 3.8) is 0 Å². The fourth-order valence-corrected chi connectivity index (χ4v) is 1.78. The van der Waals surface area contributed by atoms with E-state index < -0.39 is 5.97 Å². The smallest absolute Gasteiger partial charge is 0.339 e. The summed E-state index contributed by atoms with van der Waals surface area (Å²) in [4.78, 5) is 11.1. The van der Waals surface area contributed by atoms with Gasteiger partial charge in [0.15, 0.2) is 5.75 Å². The normalized spacial score (nSPS) is 10.2. The Labute approximate surface area is 116 Å². The summed E-state index contributed by atoms with van der Waals surface area (Å²) in [6.07, 6.45) is 0. The summed E-state index contributed by atoms with van der Waals surface area (Å²) in [7, 11) is 0. The molecule has 0 aromatic heterocycles. The van der Waals surface area contributed by atoms with Crippen molar-refractivity contribution >= 4 is 11.7 Å². The van der Waals surface area contributed by atoms with Crippen LogP contribution in [0.1, 0.15) is 21.5 Å². The van der Waals surface area contributed by atoms with E-state index in [1.807, 2.05) is 12.1 Å². The molecule has 0 unspecified atom stereocenters. The van der Waals surface area contributed by atoms with Crippen LogP contribution in [-0.2, 0) is 13.2 Å². The summed E-state index contributed by atoms with van der Waals surface area (Å²) < 4.78 is 5.52. The molecule has 0 aliphatic rings. The van der Waals surface area contributed by atoms with Crippen molar-refractivity contribution in [1.82, 2.24) is 0 Å². The van der Waals surface area contributed by atoms with E-state index in [9.17, 15) is 4.79 Å². The Hall–Kier alpha value is -2.53. The van der Waals surface area contributed by atoms with Gasteiger partial charge in [-0.1, -0.05) is 30.3 Å². The molecule has 0 saturated heterocycles. The van der Waals surface area contributed by atoms with Gasteiger partial charge >= 0.3 is 5.97 Å². The van der Waals surface area contributed by atoms with Crippen LogP contribution in [0.5, 0.6) is 5.75 Å². The number of nitrogen functional groups attached to an aromatic ring is 1. The average molecular weight is 273 g/mol. The lowest BCUT2D eigenvalue weighted by Gasteiger charge is -2.11. The van der Waals surface area contributed by atoms with Crippen LogP contribution < -0.4 is 10.5 Å². The first-order valence-corrected chi connectivity index (χ1v) is 6.05. The first-order chi connectivity index (χ1) is 9.61. The summed E-state index contributed by atoms with van der Waals surface area (Å²) in [5.41, 5.74) is 7.74. The first kappa shape index (κ1) is 13.9. The molecule has 104 valence electrons. The molecule has 0 bridgehead atoms. The Kier molecular flexibility index (Phi) is 4.22. The van der Waals surface area contributed by atoms with Crippen LogP contribution in [0.25, 0.3) is 0 Å². The molecule has 0 atom stereocenters. The van der Waals surface area contributed by atoms with Gasteiger partial charge in [-0.05, 0) is 23.3 Å². The number of carbonyl (C=O) groups is 1. The van der Waals surface area contributed by atoms with Crippen molar-refractivity contribution in [1.29, 1.82) is 0 Å². The number of hydrogen-bond donors (Lipinski definition) is 3. The number of aromatic carboxylic acids is 1. The van der Waals surface area contributed by atoms with Crippen LogP contribution in [-0.4, -0.2) is 16.2 Å². The van der Waals surface area contributed by atoms with Crippen molar-refractivity contribution in [2.75, 3.05) is 5.73 Å². The monoisotopic (exact) mass is 273 g/mol. The molecule has 2 aromatic carbocycles. The second-order valence-electron chi connectivity index (χ2n) is 4.29. The Morgan fingerprint density at radius 1 is 1.10 bits per heavy atom. The third-order valence-corrected chi connectivity index (χ3v) is 2.86. The van der Waals surface area contributed by atoms with Crippen LogP contribution in [0.2, 0.25) is 0 Å². The highest BCUT2D eigenvalue weighted by molar-refractivity contribution is 5.93. The third-order valence-electron chi connectivity index (χ3n) is 2.86. The van der Waals surface area contributed by atoms with Crippen molar-refractivity contribution in [2.45, 2.75) is 13.2 Å².